The maximum atomic E-state index is 13.5. The van der Waals surface area contributed by atoms with Gasteiger partial charge < -0.3 is 14.1 Å². The number of carbonyl (C=O) groups is 1. The molecule has 162 valence electrons. The van der Waals surface area contributed by atoms with Crippen LogP contribution in [0, 0.1) is 5.82 Å². The summed E-state index contributed by atoms with van der Waals surface area (Å²) < 4.78 is 37.8. The van der Waals surface area contributed by atoms with Gasteiger partial charge in [0, 0.05) is 28.9 Å². The fourth-order valence-electron chi connectivity index (χ4n) is 3.24. The average molecular weight is 444 g/mol. The van der Waals surface area contributed by atoms with E-state index in [0.29, 0.717) is 16.6 Å². The van der Waals surface area contributed by atoms with Crippen molar-refractivity contribution in [1.82, 2.24) is 14.3 Å². The van der Waals surface area contributed by atoms with Crippen LogP contribution in [0.15, 0.2) is 47.0 Å². The second kappa shape index (κ2) is 7.81. The lowest BCUT2D eigenvalue weighted by Gasteiger charge is -2.24. The molecule has 9 heteroatoms. The van der Waals surface area contributed by atoms with E-state index in [0.717, 1.165) is 20.8 Å². The standard InChI is InChI=1S/C22H22FN3O4S/c1-22(2,3)30-21(27)26(31(4)28)12-20-25-17-8-5-13(9-19(17)29-20)16-11-24-18-10-14(23)6-7-15(16)18/h5-11,24H,12H2,1-4H3. The third-order valence-electron chi connectivity index (χ3n) is 4.57. The zero-order valence-electron chi connectivity index (χ0n) is 17.6. The summed E-state index contributed by atoms with van der Waals surface area (Å²) in [6, 6.07) is 10.1. The molecule has 0 spiro atoms. The molecule has 7 nitrogen and oxygen atoms in total. The van der Waals surface area contributed by atoms with E-state index >= 15 is 0 Å². The molecule has 0 saturated carbocycles. The summed E-state index contributed by atoms with van der Waals surface area (Å²) in [5.74, 6) is -0.0618. The summed E-state index contributed by atoms with van der Waals surface area (Å²) in [5.41, 5.74) is 2.89. The van der Waals surface area contributed by atoms with Crippen molar-refractivity contribution in [1.29, 1.82) is 0 Å². The Morgan fingerprint density at radius 2 is 2.03 bits per heavy atom. The molecule has 4 rings (SSSR count). The van der Waals surface area contributed by atoms with Crippen LogP contribution in [0.25, 0.3) is 33.1 Å². The van der Waals surface area contributed by atoms with Crippen LogP contribution in [0.3, 0.4) is 0 Å². The average Bonchev–Trinajstić information content (AvgIpc) is 3.26. The third kappa shape index (κ3) is 4.46. The van der Waals surface area contributed by atoms with E-state index in [2.05, 4.69) is 9.97 Å². The monoisotopic (exact) mass is 443 g/mol. The molecular formula is C22H22FN3O4S. The Balaban J connectivity index is 1.64. The van der Waals surface area contributed by atoms with Gasteiger partial charge in [-0.1, -0.05) is 6.07 Å². The molecule has 0 fully saturated rings. The second-order valence-electron chi connectivity index (χ2n) is 8.12. The highest BCUT2D eigenvalue weighted by Crippen LogP contribution is 2.31. The molecule has 1 amide bonds. The maximum absolute atomic E-state index is 13.5. The first kappa shape index (κ1) is 21.0. The number of nitrogens with zero attached hydrogens (tertiary/aromatic N) is 2. The fraction of sp³-hybridized carbons (Fsp3) is 0.273. The molecule has 0 bridgehead atoms. The smallest absolute Gasteiger partial charge is 0.422 e. The number of oxazole rings is 1. The number of ether oxygens (including phenoxy) is 1. The van der Waals surface area contributed by atoms with Gasteiger partial charge >= 0.3 is 6.09 Å². The second-order valence-corrected chi connectivity index (χ2v) is 9.41. The number of benzene rings is 2. The molecule has 1 atom stereocenters. The van der Waals surface area contributed by atoms with Gasteiger partial charge in [0.2, 0.25) is 5.89 Å². The van der Waals surface area contributed by atoms with Gasteiger partial charge in [-0.2, -0.15) is 0 Å². The Morgan fingerprint density at radius 1 is 1.26 bits per heavy atom. The molecule has 0 saturated heterocycles. The van der Waals surface area contributed by atoms with Crippen LogP contribution in [0.1, 0.15) is 26.7 Å². The summed E-state index contributed by atoms with van der Waals surface area (Å²) >= 11 is 0. The number of hydrogen-bond donors (Lipinski definition) is 1. The normalized spacial score (nSPS) is 12.9. The summed E-state index contributed by atoms with van der Waals surface area (Å²) in [5, 5.41) is 0.887. The molecule has 1 unspecified atom stereocenters. The number of H-pyrrole nitrogens is 1. The molecule has 0 aliphatic carbocycles. The Kier molecular flexibility index (Phi) is 5.30. The van der Waals surface area contributed by atoms with Crippen LogP contribution >= 0.6 is 0 Å². The minimum Gasteiger partial charge on any atom is -0.443 e. The SMILES string of the molecule is CS(=O)N(Cc1nc2ccc(-c3c[nH]c4cc(F)ccc34)cc2o1)C(=O)OC(C)(C)C. The minimum absolute atomic E-state index is 0.0889. The first-order chi connectivity index (χ1) is 14.6. The number of fused-ring (bicyclic) bond motifs is 2. The summed E-state index contributed by atoms with van der Waals surface area (Å²) in [6.45, 7) is 5.12. The summed E-state index contributed by atoms with van der Waals surface area (Å²) in [6.07, 6.45) is 2.50. The molecule has 0 radical (unpaired) electrons. The molecular weight excluding hydrogens is 421 g/mol. The van der Waals surface area contributed by atoms with Crippen molar-refractivity contribution in [2.24, 2.45) is 0 Å². The van der Waals surface area contributed by atoms with Crippen LogP contribution in [0.2, 0.25) is 0 Å². The van der Waals surface area contributed by atoms with E-state index in [4.69, 9.17) is 9.15 Å². The van der Waals surface area contributed by atoms with Gasteiger partial charge in [0.05, 0.1) is 0 Å². The van der Waals surface area contributed by atoms with E-state index in [-0.39, 0.29) is 18.3 Å². The number of halogens is 1. The Bertz CT molecular complexity index is 1310. The first-order valence-electron chi connectivity index (χ1n) is 9.61. The highest BCUT2D eigenvalue weighted by Gasteiger charge is 2.26. The van der Waals surface area contributed by atoms with Crippen molar-refractivity contribution in [2.75, 3.05) is 6.26 Å². The molecule has 2 heterocycles. The van der Waals surface area contributed by atoms with Gasteiger partial charge in [-0.3, -0.25) is 0 Å². The highest BCUT2D eigenvalue weighted by molar-refractivity contribution is 7.82. The van der Waals surface area contributed by atoms with E-state index in [9.17, 15) is 13.4 Å². The van der Waals surface area contributed by atoms with Crippen molar-refractivity contribution in [3.63, 3.8) is 0 Å². The minimum atomic E-state index is -1.61. The van der Waals surface area contributed by atoms with Crippen molar-refractivity contribution < 1.29 is 22.5 Å². The number of carbonyl (C=O) groups excluding carboxylic acids is 1. The predicted molar refractivity (Wildman–Crippen MR) is 117 cm³/mol. The van der Waals surface area contributed by atoms with E-state index in [1.807, 2.05) is 18.3 Å². The van der Waals surface area contributed by atoms with Crippen LogP contribution in [0.5, 0.6) is 0 Å². The number of amides is 1. The van der Waals surface area contributed by atoms with Crippen molar-refractivity contribution in [3.8, 4) is 11.1 Å². The van der Waals surface area contributed by atoms with Gasteiger partial charge in [-0.25, -0.2) is 22.7 Å². The van der Waals surface area contributed by atoms with E-state index in [1.54, 1.807) is 32.9 Å². The number of rotatable bonds is 4. The predicted octanol–water partition coefficient (Wildman–Crippen LogP) is 5.15. The summed E-state index contributed by atoms with van der Waals surface area (Å²) in [7, 11) is -1.61. The molecule has 0 aliphatic heterocycles. The zero-order chi connectivity index (χ0) is 22.3. The quantitative estimate of drug-likeness (QED) is 0.471. The van der Waals surface area contributed by atoms with Crippen LogP contribution in [0.4, 0.5) is 9.18 Å². The van der Waals surface area contributed by atoms with Gasteiger partial charge in [-0.05, 0) is 56.7 Å². The van der Waals surface area contributed by atoms with Crippen LogP contribution in [-0.2, 0) is 22.3 Å². The lowest BCUT2D eigenvalue weighted by Crippen LogP contribution is -2.37. The topological polar surface area (TPSA) is 88.4 Å². The van der Waals surface area contributed by atoms with Crippen LogP contribution in [-0.4, -0.2) is 36.4 Å². The number of aromatic amines is 1. The van der Waals surface area contributed by atoms with Gasteiger partial charge in [0.15, 0.2) is 5.58 Å². The Hall–Kier alpha value is -3.20. The summed E-state index contributed by atoms with van der Waals surface area (Å²) in [4.78, 5) is 19.9. The van der Waals surface area contributed by atoms with Gasteiger partial charge in [0.1, 0.15) is 34.5 Å². The molecule has 0 aliphatic rings. The van der Waals surface area contributed by atoms with Gasteiger partial charge in [0.25, 0.3) is 0 Å². The lowest BCUT2D eigenvalue weighted by atomic mass is 10.0. The fourth-order valence-corrected chi connectivity index (χ4v) is 3.78. The highest BCUT2D eigenvalue weighted by atomic mass is 32.2. The molecule has 2 aromatic carbocycles. The molecule has 31 heavy (non-hydrogen) atoms. The number of aromatic nitrogens is 2. The Morgan fingerprint density at radius 3 is 2.74 bits per heavy atom. The van der Waals surface area contributed by atoms with E-state index in [1.165, 1.54) is 18.4 Å². The largest absolute Gasteiger partial charge is 0.443 e. The van der Waals surface area contributed by atoms with E-state index < -0.39 is 22.7 Å². The molecule has 1 N–H and O–H groups in total. The first-order valence-corrected chi connectivity index (χ1v) is 11.1. The zero-order valence-corrected chi connectivity index (χ0v) is 18.4. The van der Waals surface area contributed by atoms with Crippen molar-refractivity contribution in [2.45, 2.75) is 32.9 Å². The lowest BCUT2D eigenvalue weighted by molar-refractivity contribution is 0.0381. The van der Waals surface area contributed by atoms with Crippen LogP contribution < -0.4 is 0 Å². The van der Waals surface area contributed by atoms with Crippen molar-refractivity contribution in [3.05, 3.63) is 54.3 Å². The maximum Gasteiger partial charge on any atom is 0.422 e. The van der Waals surface area contributed by atoms with Crippen molar-refractivity contribution >= 4 is 39.1 Å². The Labute approximate surface area is 180 Å². The van der Waals surface area contributed by atoms with Gasteiger partial charge in [-0.15, -0.1) is 0 Å². The third-order valence-corrected chi connectivity index (χ3v) is 5.47. The number of hydrogen-bond acceptors (Lipinski definition) is 5. The molecule has 2 aromatic heterocycles. The molecule has 4 aromatic rings. The number of nitrogens with one attached hydrogen (secondary N) is 1.